The molecule has 0 saturated heterocycles. The Morgan fingerprint density at radius 2 is 1.89 bits per heavy atom. The van der Waals surface area contributed by atoms with E-state index in [-0.39, 0.29) is 17.5 Å². The number of fused-ring (bicyclic) bond motifs is 1. The largest absolute Gasteiger partial charge is 0.493 e. The number of aromatic amines is 1. The summed E-state index contributed by atoms with van der Waals surface area (Å²) in [5, 5.41) is 18.6. The second-order valence-electron chi connectivity index (χ2n) is 6.50. The maximum atomic E-state index is 13.5. The van der Waals surface area contributed by atoms with Gasteiger partial charge >= 0.3 is 0 Å². The molecule has 3 aromatic rings. The molecule has 28 heavy (non-hydrogen) atoms. The number of hydrogen-bond donors (Lipinski definition) is 2. The van der Waals surface area contributed by atoms with Crippen molar-refractivity contribution in [1.29, 1.82) is 0 Å². The highest BCUT2D eigenvalue weighted by atomic mass is 19.1. The number of aromatic hydroxyl groups is 1. The van der Waals surface area contributed by atoms with Crippen LogP contribution in [0.4, 0.5) is 15.8 Å². The third kappa shape index (κ3) is 4.19. The molecule has 0 unspecified atom stereocenters. The van der Waals surface area contributed by atoms with Gasteiger partial charge < -0.3 is 15.0 Å². The van der Waals surface area contributed by atoms with Gasteiger partial charge in [0.1, 0.15) is 5.82 Å². The molecule has 2 N–H and O–H groups in total. The molecule has 0 aliphatic rings. The van der Waals surface area contributed by atoms with Crippen LogP contribution in [0.2, 0.25) is 0 Å². The summed E-state index contributed by atoms with van der Waals surface area (Å²) in [6.07, 6.45) is 2.01. The minimum absolute atomic E-state index is 0.0100. The number of unbranched alkanes of at least 4 members (excludes halogenated alkanes) is 1. The van der Waals surface area contributed by atoms with E-state index in [0.29, 0.717) is 28.7 Å². The lowest BCUT2D eigenvalue weighted by molar-refractivity contribution is 0.0762. The molecular formula is C21H23FN4O2. The van der Waals surface area contributed by atoms with E-state index in [1.165, 1.54) is 18.2 Å². The van der Waals surface area contributed by atoms with E-state index in [0.717, 1.165) is 19.4 Å². The second kappa shape index (κ2) is 8.65. The minimum atomic E-state index is -0.422. The normalized spacial score (nSPS) is 11.4. The van der Waals surface area contributed by atoms with Crippen LogP contribution in [0, 0.1) is 5.82 Å². The highest BCUT2D eigenvalue weighted by Gasteiger charge is 2.14. The van der Waals surface area contributed by atoms with E-state index in [4.69, 9.17) is 0 Å². The summed E-state index contributed by atoms with van der Waals surface area (Å²) in [6.45, 7) is 5.46. The van der Waals surface area contributed by atoms with Gasteiger partial charge in [-0.3, -0.25) is 4.79 Å². The van der Waals surface area contributed by atoms with Crippen molar-refractivity contribution in [3.63, 3.8) is 0 Å². The van der Waals surface area contributed by atoms with E-state index >= 15 is 0 Å². The van der Waals surface area contributed by atoms with E-state index in [1.807, 2.05) is 11.8 Å². The molecule has 0 aliphatic carbocycles. The van der Waals surface area contributed by atoms with Gasteiger partial charge in [-0.15, -0.1) is 5.11 Å². The molecule has 7 heteroatoms. The zero-order valence-corrected chi connectivity index (χ0v) is 15.9. The Labute approximate surface area is 162 Å². The topological polar surface area (TPSA) is 81.1 Å². The maximum absolute atomic E-state index is 13.5. The van der Waals surface area contributed by atoms with Gasteiger partial charge in [0.15, 0.2) is 5.69 Å². The number of benzene rings is 2. The van der Waals surface area contributed by atoms with Crippen LogP contribution < -0.4 is 0 Å². The fourth-order valence-corrected chi connectivity index (χ4v) is 2.95. The SMILES string of the molecule is CCCCN(CC)C(=O)c1ccc(N=Nc2c(O)[nH]c3ccc(F)cc23)cc1. The van der Waals surface area contributed by atoms with Gasteiger partial charge in [-0.1, -0.05) is 13.3 Å². The number of nitrogens with zero attached hydrogens (tertiary/aromatic N) is 3. The van der Waals surface area contributed by atoms with Crippen molar-refractivity contribution in [2.75, 3.05) is 13.1 Å². The molecule has 146 valence electrons. The van der Waals surface area contributed by atoms with Crippen LogP contribution in [0.3, 0.4) is 0 Å². The molecule has 0 radical (unpaired) electrons. The molecule has 1 amide bonds. The summed E-state index contributed by atoms with van der Waals surface area (Å²) in [7, 11) is 0. The molecular weight excluding hydrogens is 359 g/mol. The van der Waals surface area contributed by atoms with Gasteiger partial charge in [0.05, 0.1) is 11.2 Å². The van der Waals surface area contributed by atoms with Crippen molar-refractivity contribution in [2.24, 2.45) is 10.2 Å². The molecule has 0 spiro atoms. The Hall–Kier alpha value is -3.22. The average Bonchev–Trinajstić information content (AvgIpc) is 3.01. The fourth-order valence-electron chi connectivity index (χ4n) is 2.95. The van der Waals surface area contributed by atoms with Gasteiger partial charge in [0.25, 0.3) is 5.91 Å². The third-order valence-electron chi connectivity index (χ3n) is 4.54. The first-order valence-corrected chi connectivity index (χ1v) is 9.34. The van der Waals surface area contributed by atoms with Crippen LogP contribution >= 0.6 is 0 Å². The van der Waals surface area contributed by atoms with E-state index in [2.05, 4.69) is 22.1 Å². The standard InChI is InChI=1S/C21H23FN4O2/c1-3-5-12-26(4-2)21(28)14-6-9-16(10-7-14)24-25-19-17-13-15(22)8-11-18(17)23-20(19)27/h6-11,13,23,27H,3-5,12H2,1-2H3. The van der Waals surface area contributed by atoms with Crippen LogP contribution in [0.1, 0.15) is 37.0 Å². The first-order chi connectivity index (χ1) is 13.5. The van der Waals surface area contributed by atoms with Crippen LogP contribution in [0.25, 0.3) is 10.9 Å². The maximum Gasteiger partial charge on any atom is 0.253 e. The summed E-state index contributed by atoms with van der Waals surface area (Å²) in [5.74, 6) is -0.607. The van der Waals surface area contributed by atoms with Gasteiger partial charge in [-0.2, -0.15) is 5.11 Å². The molecule has 1 heterocycles. The number of carbonyl (C=O) groups is 1. The summed E-state index contributed by atoms with van der Waals surface area (Å²) in [4.78, 5) is 17.1. The Bertz CT molecular complexity index is 996. The second-order valence-corrected chi connectivity index (χ2v) is 6.50. The first kappa shape index (κ1) is 19.5. The van der Waals surface area contributed by atoms with E-state index < -0.39 is 5.82 Å². The smallest absolute Gasteiger partial charge is 0.253 e. The summed E-state index contributed by atoms with van der Waals surface area (Å²) in [5.41, 5.74) is 1.86. The molecule has 0 atom stereocenters. The van der Waals surface area contributed by atoms with Crippen molar-refractivity contribution in [3.05, 3.63) is 53.8 Å². The predicted molar refractivity (Wildman–Crippen MR) is 107 cm³/mol. The highest BCUT2D eigenvalue weighted by molar-refractivity contribution is 5.95. The lowest BCUT2D eigenvalue weighted by Crippen LogP contribution is -2.31. The predicted octanol–water partition coefficient (Wildman–Crippen LogP) is 5.69. The molecule has 0 bridgehead atoms. The Morgan fingerprint density at radius 3 is 2.57 bits per heavy atom. The van der Waals surface area contributed by atoms with Crippen molar-refractivity contribution in [2.45, 2.75) is 26.7 Å². The summed E-state index contributed by atoms with van der Waals surface area (Å²) >= 11 is 0. The lowest BCUT2D eigenvalue weighted by Gasteiger charge is -2.20. The van der Waals surface area contributed by atoms with Crippen LogP contribution in [0.15, 0.2) is 52.7 Å². The van der Waals surface area contributed by atoms with Crippen molar-refractivity contribution in [3.8, 4) is 5.88 Å². The summed E-state index contributed by atoms with van der Waals surface area (Å²) < 4.78 is 13.5. The number of amides is 1. The number of azo groups is 1. The third-order valence-corrected chi connectivity index (χ3v) is 4.54. The van der Waals surface area contributed by atoms with Crippen LogP contribution in [0.5, 0.6) is 5.88 Å². The zero-order chi connectivity index (χ0) is 20.1. The van der Waals surface area contributed by atoms with Crippen molar-refractivity contribution < 1.29 is 14.3 Å². The molecule has 2 aromatic carbocycles. The van der Waals surface area contributed by atoms with Crippen molar-refractivity contribution >= 4 is 28.2 Å². The molecule has 1 aromatic heterocycles. The van der Waals surface area contributed by atoms with Crippen molar-refractivity contribution in [1.82, 2.24) is 9.88 Å². The number of nitrogens with one attached hydrogen (secondary N) is 1. The summed E-state index contributed by atoms with van der Waals surface area (Å²) in [6, 6.07) is 10.9. The molecule has 6 nitrogen and oxygen atoms in total. The first-order valence-electron chi connectivity index (χ1n) is 9.34. The number of halogens is 1. The van der Waals surface area contributed by atoms with Crippen LogP contribution in [-0.2, 0) is 0 Å². The van der Waals surface area contributed by atoms with E-state index in [1.54, 1.807) is 24.3 Å². The Balaban J connectivity index is 1.78. The van der Waals surface area contributed by atoms with Crippen LogP contribution in [-0.4, -0.2) is 34.0 Å². The Morgan fingerprint density at radius 1 is 1.14 bits per heavy atom. The van der Waals surface area contributed by atoms with Gasteiger partial charge in [0.2, 0.25) is 5.88 Å². The number of H-pyrrole nitrogens is 1. The monoisotopic (exact) mass is 382 g/mol. The highest BCUT2D eigenvalue weighted by Crippen LogP contribution is 2.36. The van der Waals surface area contributed by atoms with Gasteiger partial charge in [-0.05, 0) is 55.8 Å². The van der Waals surface area contributed by atoms with Gasteiger partial charge in [0, 0.05) is 24.0 Å². The van der Waals surface area contributed by atoms with Gasteiger partial charge in [-0.25, -0.2) is 4.39 Å². The number of hydrogen-bond acceptors (Lipinski definition) is 4. The number of rotatable bonds is 7. The number of aromatic nitrogens is 1. The van der Waals surface area contributed by atoms with E-state index in [9.17, 15) is 14.3 Å². The minimum Gasteiger partial charge on any atom is -0.493 e. The molecule has 3 rings (SSSR count). The zero-order valence-electron chi connectivity index (χ0n) is 15.9. The quantitative estimate of drug-likeness (QED) is 0.515. The lowest BCUT2D eigenvalue weighted by atomic mass is 10.1. The number of carbonyl (C=O) groups excluding carboxylic acids is 1. The molecule has 0 aliphatic heterocycles. The Kier molecular flexibility index (Phi) is 6.03. The molecule has 0 fully saturated rings. The molecule has 0 saturated carbocycles. The fraction of sp³-hybridized carbons (Fsp3) is 0.286. The average molecular weight is 382 g/mol.